The maximum absolute atomic E-state index is 13.5. The van der Waals surface area contributed by atoms with Gasteiger partial charge in [0.15, 0.2) is 0 Å². The first-order valence-electron chi connectivity index (χ1n) is 14.2. The summed E-state index contributed by atoms with van der Waals surface area (Å²) < 4.78 is 39.9. The normalized spacial score (nSPS) is 17.1. The molecule has 1 N–H and O–H groups in total. The van der Waals surface area contributed by atoms with Gasteiger partial charge in [0.2, 0.25) is 0 Å². The van der Waals surface area contributed by atoms with Crippen LogP contribution in [0.25, 0.3) is 10.6 Å². The molecule has 5 rings (SSSR count). The minimum absolute atomic E-state index is 0.194. The smallest absolute Gasteiger partial charge is 0.294 e. The van der Waals surface area contributed by atoms with Crippen LogP contribution in [-0.2, 0) is 21.5 Å². The number of ether oxygens (including phenoxy) is 1. The fourth-order valence-corrected chi connectivity index (χ4v) is 7.89. The van der Waals surface area contributed by atoms with Crippen molar-refractivity contribution < 1.29 is 22.5 Å². The third-order valence-electron chi connectivity index (χ3n) is 7.39. The van der Waals surface area contributed by atoms with Gasteiger partial charge in [0.05, 0.1) is 34.7 Å². The number of anilines is 2. The lowest BCUT2D eigenvalue weighted by Gasteiger charge is -2.13. The molecule has 1 amide bonds. The summed E-state index contributed by atoms with van der Waals surface area (Å²) in [6.45, 7) is 14.0. The molecule has 3 heterocycles. The highest BCUT2D eigenvalue weighted by atomic mass is 32.2. The fraction of sp³-hybridized carbons (Fsp3) is 0.367. The van der Waals surface area contributed by atoms with Gasteiger partial charge in [0, 0.05) is 24.6 Å². The summed E-state index contributed by atoms with van der Waals surface area (Å²) in [5, 5.41) is 6.30. The number of aromatic nitrogens is 1. The number of fused-ring (bicyclic) bond motifs is 1. The number of hydrogen-bond acceptors (Lipinski definition) is 10. The SMILES string of the molecule is CCN(CC)CC.CCn1c(=O)/c(=C2/Sc3ccc(OC)cc3N2C)s/c1=C1\C(=O)N(c2ccc(S(=O)(=O)O)cc2)N=C1C. The van der Waals surface area contributed by atoms with Crippen molar-refractivity contribution in [1.82, 2.24) is 9.47 Å². The van der Waals surface area contributed by atoms with Crippen molar-refractivity contribution in [2.24, 2.45) is 5.10 Å². The molecular formula is C30H37N5O6S3. The Labute approximate surface area is 265 Å². The molecule has 2 aromatic carbocycles. The van der Waals surface area contributed by atoms with Crippen LogP contribution >= 0.6 is 23.1 Å². The van der Waals surface area contributed by atoms with Gasteiger partial charge in [-0.15, -0.1) is 11.3 Å². The second-order valence-corrected chi connectivity index (χ2v) is 13.3. The van der Waals surface area contributed by atoms with Crippen LogP contribution < -0.4 is 29.4 Å². The first kappa shape index (κ1) is 33.5. The predicted molar refractivity (Wildman–Crippen MR) is 178 cm³/mol. The van der Waals surface area contributed by atoms with E-state index in [1.807, 2.05) is 37.1 Å². The van der Waals surface area contributed by atoms with Gasteiger partial charge < -0.3 is 14.5 Å². The molecule has 2 aliphatic rings. The highest BCUT2D eigenvalue weighted by Crippen LogP contribution is 2.46. The molecule has 236 valence electrons. The van der Waals surface area contributed by atoms with Crippen LogP contribution in [0.5, 0.6) is 5.75 Å². The van der Waals surface area contributed by atoms with E-state index in [0.29, 0.717) is 38.5 Å². The zero-order chi connectivity index (χ0) is 32.3. The van der Waals surface area contributed by atoms with Gasteiger partial charge in [0.25, 0.3) is 21.6 Å². The van der Waals surface area contributed by atoms with Crippen LogP contribution in [0, 0.1) is 0 Å². The summed E-state index contributed by atoms with van der Waals surface area (Å²) in [7, 11) is -0.872. The molecule has 0 saturated heterocycles. The van der Waals surface area contributed by atoms with Crippen LogP contribution in [-0.4, -0.2) is 67.8 Å². The Bertz CT molecular complexity index is 1870. The van der Waals surface area contributed by atoms with Gasteiger partial charge in [0.1, 0.15) is 20.0 Å². The van der Waals surface area contributed by atoms with Gasteiger partial charge in [-0.2, -0.15) is 18.5 Å². The number of carbonyl (C=O) groups excluding carboxylic acids is 1. The number of benzene rings is 2. The van der Waals surface area contributed by atoms with E-state index >= 15 is 0 Å². The van der Waals surface area contributed by atoms with Gasteiger partial charge in [-0.1, -0.05) is 32.5 Å². The van der Waals surface area contributed by atoms with E-state index in [1.165, 1.54) is 67.0 Å². The number of hydrazone groups is 1. The van der Waals surface area contributed by atoms with Crippen molar-refractivity contribution in [2.75, 3.05) is 43.7 Å². The van der Waals surface area contributed by atoms with E-state index in [4.69, 9.17) is 4.74 Å². The average Bonchev–Trinajstić information content (AvgIpc) is 3.62. The van der Waals surface area contributed by atoms with Crippen LogP contribution in [0.3, 0.4) is 0 Å². The summed E-state index contributed by atoms with van der Waals surface area (Å²) in [6.07, 6.45) is 0. The van der Waals surface area contributed by atoms with E-state index in [2.05, 4.69) is 30.8 Å². The van der Waals surface area contributed by atoms with Crippen molar-refractivity contribution >= 4 is 66.8 Å². The van der Waals surface area contributed by atoms with E-state index in [1.54, 1.807) is 18.6 Å². The summed E-state index contributed by atoms with van der Waals surface area (Å²) >= 11 is 2.73. The average molecular weight is 660 g/mol. The summed E-state index contributed by atoms with van der Waals surface area (Å²) in [5.74, 6) is 0.284. The largest absolute Gasteiger partial charge is 0.497 e. The lowest BCUT2D eigenvalue weighted by molar-refractivity contribution is -0.112. The topological polar surface area (TPSA) is 125 Å². The standard InChI is InChI=1S/C24H22N4O6S3.C6H15N/c1-5-27-22(30)20(24-26(3)17-12-15(34-4)8-11-18(17)35-24)36-23(27)19-13(2)25-28(21(19)29)14-6-9-16(10-7-14)37(31,32)33;1-4-7(5-2)6-3/h6-12H,5H2,1-4H3,(H,31,32,33);4-6H2,1-3H3/b23-19-,24-20-;. The molecular weight excluding hydrogens is 623 g/mol. The molecule has 0 spiro atoms. The quantitative estimate of drug-likeness (QED) is 0.380. The molecule has 0 fully saturated rings. The number of thiazole rings is 1. The number of hydrogen-bond donors (Lipinski definition) is 1. The first-order valence-corrected chi connectivity index (χ1v) is 17.2. The summed E-state index contributed by atoms with van der Waals surface area (Å²) in [5.41, 5.74) is 1.81. The van der Waals surface area contributed by atoms with Crippen LogP contribution in [0.2, 0.25) is 0 Å². The summed E-state index contributed by atoms with van der Waals surface area (Å²) in [6, 6.07) is 10.9. The van der Waals surface area contributed by atoms with Gasteiger partial charge in [-0.25, -0.2) is 0 Å². The molecule has 0 saturated carbocycles. The van der Waals surface area contributed by atoms with Crippen molar-refractivity contribution in [3.05, 3.63) is 62.0 Å². The zero-order valence-electron chi connectivity index (χ0n) is 25.8. The monoisotopic (exact) mass is 659 g/mol. The number of amides is 1. The molecule has 44 heavy (non-hydrogen) atoms. The molecule has 0 atom stereocenters. The lowest BCUT2D eigenvalue weighted by Crippen LogP contribution is -2.35. The van der Waals surface area contributed by atoms with Gasteiger partial charge >= 0.3 is 0 Å². The number of carbonyl (C=O) groups is 1. The lowest BCUT2D eigenvalue weighted by atomic mass is 10.2. The highest BCUT2D eigenvalue weighted by Gasteiger charge is 2.32. The maximum atomic E-state index is 13.5. The number of rotatable bonds is 7. The third kappa shape index (κ3) is 6.49. The van der Waals surface area contributed by atoms with Crippen LogP contribution in [0.1, 0.15) is 34.6 Å². The number of thioether (sulfide) groups is 1. The van der Waals surface area contributed by atoms with Crippen LogP contribution in [0.15, 0.2) is 62.2 Å². The third-order valence-corrected chi connectivity index (χ3v) is 10.8. The minimum Gasteiger partial charge on any atom is -0.497 e. The van der Waals surface area contributed by atoms with Gasteiger partial charge in [-0.05, 0) is 69.9 Å². The number of nitrogens with zero attached hydrogens (tertiary/aromatic N) is 5. The first-order chi connectivity index (χ1) is 20.9. The molecule has 11 nitrogen and oxygen atoms in total. The fourth-order valence-electron chi connectivity index (χ4n) is 4.83. The molecule has 2 aliphatic heterocycles. The van der Waals surface area contributed by atoms with E-state index in [-0.39, 0.29) is 10.5 Å². The summed E-state index contributed by atoms with van der Waals surface area (Å²) in [4.78, 5) is 32.0. The Hall–Kier alpha value is -3.43. The van der Waals surface area contributed by atoms with Gasteiger partial charge in [-0.3, -0.25) is 18.7 Å². The number of methoxy groups -OCH3 is 1. The molecule has 14 heteroatoms. The van der Waals surface area contributed by atoms with Crippen LogP contribution in [0.4, 0.5) is 11.4 Å². The molecule has 0 radical (unpaired) electrons. The van der Waals surface area contributed by atoms with E-state index < -0.39 is 16.0 Å². The molecule has 1 aromatic heterocycles. The Morgan fingerprint density at radius 2 is 1.64 bits per heavy atom. The second-order valence-electron chi connectivity index (χ2n) is 9.85. The zero-order valence-corrected chi connectivity index (χ0v) is 28.3. The molecule has 0 aliphatic carbocycles. The van der Waals surface area contributed by atoms with E-state index in [9.17, 15) is 22.6 Å². The molecule has 3 aromatic rings. The van der Waals surface area contributed by atoms with Crippen molar-refractivity contribution in [3.63, 3.8) is 0 Å². The maximum Gasteiger partial charge on any atom is 0.294 e. The Morgan fingerprint density at radius 3 is 2.16 bits per heavy atom. The van der Waals surface area contributed by atoms with Crippen molar-refractivity contribution in [1.29, 1.82) is 0 Å². The molecule has 0 bridgehead atoms. The second kappa shape index (κ2) is 13.7. The Morgan fingerprint density at radius 1 is 1.00 bits per heavy atom. The van der Waals surface area contributed by atoms with E-state index in [0.717, 1.165) is 20.6 Å². The molecule has 0 unspecified atom stereocenters. The van der Waals surface area contributed by atoms with Crippen molar-refractivity contribution in [2.45, 2.75) is 51.0 Å². The van der Waals surface area contributed by atoms with Crippen molar-refractivity contribution in [3.8, 4) is 5.75 Å². The Balaban J connectivity index is 0.000000566. The Kier molecular flexibility index (Phi) is 10.4. The predicted octanol–water partition coefficient (Wildman–Crippen LogP) is 3.41. The highest BCUT2D eigenvalue weighted by molar-refractivity contribution is 8.08. The minimum atomic E-state index is -4.36.